The van der Waals surface area contributed by atoms with E-state index >= 15 is 0 Å². The van der Waals surface area contributed by atoms with Gasteiger partial charge in [-0.3, -0.25) is 13.9 Å². The number of sulfonamides is 1. The second-order valence-electron chi connectivity index (χ2n) is 9.82. The first-order valence-electron chi connectivity index (χ1n) is 11.8. The molecular weight excluding hydrogens is 582 g/mol. The molecule has 0 bridgehead atoms. The summed E-state index contributed by atoms with van der Waals surface area (Å²) in [6, 6.07) is 11.5. The highest BCUT2D eigenvalue weighted by Gasteiger charge is 2.28. The molecule has 204 valence electrons. The molecule has 8 nitrogen and oxygen atoms in total. The van der Waals surface area contributed by atoms with Gasteiger partial charge in [0.2, 0.25) is 21.8 Å². The quantitative estimate of drug-likeness (QED) is 0.384. The fourth-order valence-electron chi connectivity index (χ4n) is 3.70. The van der Waals surface area contributed by atoms with Crippen molar-refractivity contribution < 1.29 is 22.7 Å². The number of nitrogens with one attached hydrogen (secondary N) is 1. The Kier molecular flexibility index (Phi) is 10.8. The molecule has 2 rings (SSSR count). The summed E-state index contributed by atoms with van der Waals surface area (Å²) in [4.78, 5) is 27.8. The maximum absolute atomic E-state index is 13.4. The van der Waals surface area contributed by atoms with Crippen LogP contribution in [0.25, 0.3) is 0 Å². The Hall–Kier alpha value is -2.30. The molecule has 0 unspecified atom stereocenters. The molecule has 0 saturated heterocycles. The topological polar surface area (TPSA) is 96.0 Å². The lowest BCUT2D eigenvalue weighted by Crippen LogP contribution is -2.52. The van der Waals surface area contributed by atoms with Gasteiger partial charge in [-0.2, -0.15) is 0 Å². The number of halogens is 2. The van der Waals surface area contributed by atoms with Crippen molar-refractivity contribution >= 4 is 55.1 Å². The Morgan fingerprint density at radius 1 is 1.16 bits per heavy atom. The summed E-state index contributed by atoms with van der Waals surface area (Å²) in [5, 5.41) is 3.21. The van der Waals surface area contributed by atoms with Gasteiger partial charge in [-0.25, -0.2) is 8.42 Å². The highest BCUT2D eigenvalue weighted by atomic mass is 79.9. The summed E-state index contributed by atoms with van der Waals surface area (Å²) in [6.45, 7) is 7.64. The third-order valence-corrected chi connectivity index (χ3v) is 7.47. The van der Waals surface area contributed by atoms with Crippen molar-refractivity contribution in [3.05, 3.63) is 57.5 Å². The zero-order valence-corrected chi connectivity index (χ0v) is 25.2. The zero-order chi connectivity index (χ0) is 28.0. The minimum Gasteiger partial charge on any atom is -0.495 e. The predicted octanol–water partition coefficient (Wildman–Crippen LogP) is 4.99. The van der Waals surface area contributed by atoms with Crippen LogP contribution in [0.3, 0.4) is 0 Å². The van der Waals surface area contributed by atoms with Crippen molar-refractivity contribution in [2.45, 2.75) is 58.7 Å². The fourth-order valence-corrected chi connectivity index (χ4v) is 5.36. The first kappa shape index (κ1) is 30.9. The molecule has 0 saturated carbocycles. The summed E-state index contributed by atoms with van der Waals surface area (Å²) >= 11 is 9.64. The molecule has 1 N–H and O–H groups in total. The minimum absolute atomic E-state index is 0.0526. The summed E-state index contributed by atoms with van der Waals surface area (Å²) < 4.78 is 32.2. The molecule has 1 atom stereocenters. The number of methoxy groups -OCH3 is 1. The van der Waals surface area contributed by atoms with Crippen LogP contribution in [0, 0.1) is 0 Å². The van der Waals surface area contributed by atoms with Gasteiger partial charge in [0.05, 0.1) is 24.1 Å². The summed E-state index contributed by atoms with van der Waals surface area (Å²) in [7, 11) is -2.16. The molecule has 0 aliphatic rings. The second-order valence-corrected chi connectivity index (χ2v) is 13.1. The van der Waals surface area contributed by atoms with Gasteiger partial charge in [-0.05, 0) is 70.0 Å². The number of benzene rings is 2. The number of carbonyl (C=O) groups is 2. The average Bonchev–Trinajstić information content (AvgIpc) is 2.77. The maximum atomic E-state index is 13.4. The van der Waals surface area contributed by atoms with E-state index in [9.17, 15) is 18.0 Å². The standard InChI is InChI=1S/C26H35BrClN3O5S/c1-18(25(33)29-26(2,3)4)30(17-19-9-7-10-20(27)15-19)24(32)11-8-14-31(37(6,34)35)21-12-13-23(36-5)22(28)16-21/h7,9-10,12-13,15-16,18H,8,11,14,17H2,1-6H3,(H,29,33)/t18-/m0/s1. The van der Waals surface area contributed by atoms with Gasteiger partial charge < -0.3 is 15.0 Å². The molecule has 0 heterocycles. The average molecular weight is 617 g/mol. The number of rotatable bonds is 11. The maximum Gasteiger partial charge on any atom is 0.242 e. The number of carbonyl (C=O) groups excluding carboxylic acids is 2. The van der Waals surface area contributed by atoms with Crippen molar-refractivity contribution in [3.63, 3.8) is 0 Å². The van der Waals surface area contributed by atoms with Crippen LogP contribution in [-0.4, -0.2) is 56.6 Å². The van der Waals surface area contributed by atoms with Crippen molar-refractivity contribution in [2.24, 2.45) is 0 Å². The van der Waals surface area contributed by atoms with Crippen LogP contribution < -0.4 is 14.4 Å². The van der Waals surface area contributed by atoms with E-state index in [2.05, 4.69) is 21.2 Å². The van der Waals surface area contributed by atoms with Crippen molar-refractivity contribution in [2.75, 3.05) is 24.2 Å². The molecule has 0 aliphatic carbocycles. The van der Waals surface area contributed by atoms with Crippen LogP contribution in [-0.2, 0) is 26.2 Å². The smallest absolute Gasteiger partial charge is 0.242 e. The Morgan fingerprint density at radius 3 is 2.38 bits per heavy atom. The largest absolute Gasteiger partial charge is 0.495 e. The van der Waals surface area contributed by atoms with Crippen molar-refractivity contribution in [1.82, 2.24) is 10.2 Å². The molecular formula is C26H35BrClN3O5S. The van der Waals surface area contributed by atoms with Crippen LogP contribution >= 0.6 is 27.5 Å². The van der Waals surface area contributed by atoms with Crippen molar-refractivity contribution in [1.29, 1.82) is 0 Å². The summed E-state index contributed by atoms with van der Waals surface area (Å²) in [6.07, 6.45) is 1.40. The molecule has 0 radical (unpaired) electrons. The summed E-state index contributed by atoms with van der Waals surface area (Å²) in [5.74, 6) is -0.0843. The molecule has 0 aromatic heterocycles. The third-order valence-electron chi connectivity index (χ3n) is 5.48. The predicted molar refractivity (Wildman–Crippen MR) is 151 cm³/mol. The molecule has 11 heteroatoms. The molecule has 37 heavy (non-hydrogen) atoms. The van der Waals surface area contributed by atoms with Gasteiger partial charge in [0, 0.05) is 29.5 Å². The Labute approximate surface area is 233 Å². The normalized spacial score (nSPS) is 12.5. The molecule has 2 aromatic rings. The zero-order valence-electron chi connectivity index (χ0n) is 22.0. The van der Waals surface area contributed by atoms with Crippen LogP contribution in [0.4, 0.5) is 5.69 Å². The monoisotopic (exact) mass is 615 g/mol. The van der Waals surface area contributed by atoms with E-state index in [0.29, 0.717) is 11.4 Å². The lowest BCUT2D eigenvalue weighted by molar-refractivity contribution is -0.141. The molecule has 2 aromatic carbocycles. The Balaban J connectivity index is 2.21. The van der Waals surface area contributed by atoms with Gasteiger partial charge >= 0.3 is 0 Å². The molecule has 0 fully saturated rings. The van der Waals surface area contributed by atoms with E-state index in [0.717, 1.165) is 16.3 Å². The highest BCUT2D eigenvalue weighted by molar-refractivity contribution is 9.10. The van der Waals surface area contributed by atoms with Gasteiger partial charge in [0.15, 0.2) is 0 Å². The van der Waals surface area contributed by atoms with E-state index < -0.39 is 21.6 Å². The van der Waals surface area contributed by atoms with Gasteiger partial charge in [0.1, 0.15) is 11.8 Å². The van der Waals surface area contributed by atoms with Gasteiger partial charge in [0.25, 0.3) is 0 Å². The number of hydrogen-bond acceptors (Lipinski definition) is 5. The van der Waals surface area contributed by atoms with Crippen LogP contribution in [0.1, 0.15) is 46.1 Å². The molecule has 0 aliphatic heterocycles. The second kappa shape index (κ2) is 13.0. The van der Waals surface area contributed by atoms with Crippen LogP contribution in [0.15, 0.2) is 46.9 Å². The van der Waals surface area contributed by atoms with E-state index in [-0.39, 0.29) is 42.8 Å². The van der Waals surface area contributed by atoms with E-state index in [4.69, 9.17) is 16.3 Å². The Bertz CT molecular complexity index is 1220. The lowest BCUT2D eigenvalue weighted by Gasteiger charge is -2.32. The first-order chi connectivity index (χ1) is 17.1. The van der Waals surface area contributed by atoms with Gasteiger partial charge in [-0.15, -0.1) is 0 Å². The highest BCUT2D eigenvalue weighted by Crippen LogP contribution is 2.30. The Morgan fingerprint density at radius 2 is 1.84 bits per heavy atom. The van der Waals surface area contributed by atoms with E-state index in [1.807, 2.05) is 45.0 Å². The van der Waals surface area contributed by atoms with Crippen LogP contribution in [0.2, 0.25) is 5.02 Å². The summed E-state index contributed by atoms with van der Waals surface area (Å²) in [5.41, 5.74) is 0.791. The number of anilines is 1. The number of nitrogens with zero attached hydrogens (tertiary/aromatic N) is 2. The first-order valence-corrected chi connectivity index (χ1v) is 14.8. The minimum atomic E-state index is -3.64. The fraction of sp³-hybridized carbons (Fsp3) is 0.462. The molecule has 2 amide bonds. The SMILES string of the molecule is COc1ccc(N(CCCC(=O)N(Cc2cccc(Br)c2)[C@@H](C)C(=O)NC(C)(C)C)S(C)(=O)=O)cc1Cl. The molecule has 0 spiro atoms. The number of hydrogen-bond donors (Lipinski definition) is 1. The lowest BCUT2D eigenvalue weighted by atomic mass is 10.1. The number of amides is 2. The van der Waals surface area contributed by atoms with Crippen LogP contribution in [0.5, 0.6) is 5.75 Å². The third kappa shape index (κ3) is 9.50. The van der Waals surface area contributed by atoms with Gasteiger partial charge in [-0.1, -0.05) is 39.7 Å². The van der Waals surface area contributed by atoms with E-state index in [1.165, 1.54) is 22.4 Å². The number of ether oxygens (including phenoxy) is 1. The van der Waals surface area contributed by atoms with E-state index in [1.54, 1.807) is 19.1 Å². The van der Waals surface area contributed by atoms with Crippen molar-refractivity contribution in [3.8, 4) is 5.75 Å².